The molecule has 0 atom stereocenters. The van der Waals surface area contributed by atoms with Crippen LogP contribution in [0.1, 0.15) is 24.0 Å². The van der Waals surface area contributed by atoms with Crippen molar-refractivity contribution in [2.75, 3.05) is 0 Å². The maximum absolute atomic E-state index is 12.9. The molecular weight excluding hydrogens is 484 g/mol. The second-order valence-corrected chi connectivity index (χ2v) is 10.0. The molecular formula is C35H28O4. The Balaban J connectivity index is 1.48. The predicted molar refractivity (Wildman–Crippen MR) is 157 cm³/mol. The molecule has 192 valence electrons. The quantitative estimate of drug-likeness (QED) is 0.167. The van der Waals surface area contributed by atoms with Crippen LogP contribution in [0.15, 0.2) is 109 Å². The van der Waals surface area contributed by atoms with Gasteiger partial charge in [0.1, 0.15) is 6.10 Å². The van der Waals surface area contributed by atoms with E-state index in [2.05, 4.69) is 60.7 Å². The van der Waals surface area contributed by atoms with Crippen molar-refractivity contribution >= 4 is 55.0 Å². The molecule has 1 N–H and O–H groups in total. The van der Waals surface area contributed by atoms with Gasteiger partial charge in [0.25, 0.3) is 0 Å². The minimum atomic E-state index is -1.01. The average Bonchev–Trinajstić information content (AvgIpc) is 2.95. The zero-order chi connectivity index (χ0) is 26.8. The summed E-state index contributed by atoms with van der Waals surface area (Å²) < 4.78 is 6.10. The molecule has 4 nitrogen and oxygen atoms in total. The van der Waals surface area contributed by atoms with E-state index in [1.165, 1.54) is 0 Å². The zero-order valence-corrected chi connectivity index (χ0v) is 21.5. The Morgan fingerprint density at radius 3 is 1.28 bits per heavy atom. The summed E-state index contributed by atoms with van der Waals surface area (Å²) in [6.07, 6.45) is 0.143. The zero-order valence-electron chi connectivity index (χ0n) is 21.5. The molecule has 0 aliphatic rings. The van der Waals surface area contributed by atoms with Crippen LogP contribution in [0.3, 0.4) is 0 Å². The number of aliphatic carboxylic acids is 1. The van der Waals surface area contributed by atoms with Gasteiger partial charge in [0, 0.05) is 12.8 Å². The summed E-state index contributed by atoms with van der Waals surface area (Å²) in [7, 11) is 0. The van der Waals surface area contributed by atoms with E-state index in [4.69, 9.17) is 9.84 Å². The van der Waals surface area contributed by atoms with Crippen molar-refractivity contribution < 1.29 is 19.4 Å². The molecule has 0 aliphatic carbocycles. The van der Waals surface area contributed by atoms with Crippen LogP contribution in [0.25, 0.3) is 43.1 Å². The smallest absolute Gasteiger partial charge is 0.306 e. The topological polar surface area (TPSA) is 63.6 Å². The summed E-state index contributed by atoms with van der Waals surface area (Å²) in [5, 5.41) is 18.2. The SMILES string of the molecule is O=C(O)CCC(=O)OC(Cc1c2ccccc2cc2ccccc12)Cc1c2ccccc2cc2ccccc12. The van der Waals surface area contributed by atoms with Crippen LogP contribution in [-0.2, 0) is 27.2 Å². The minimum absolute atomic E-state index is 0.154. The number of ether oxygens (including phenoxy) is 1. The van der Waals surface area contributed by atoms with Crippen LogP contribution in [0.2, 0.25) is 0 Å². The van der Waals surface area contributed by atoms with Gasteiger partial charge in [-0.05, 0) is 66.3 Å². The molecule has 0 fully saturated rings. The Morgan fingerprint density at radius 1 is 0.564 bits per heavy atom. The van der Waals surface area contributed by atoms with E-state index in [1.54, 1.807) is 0 Å². The molecule has 6 aromatic carbocycles. The van der Waals surface area contributed by atoms with Crippen molar-refractivity contribution in [3.8, 4) is 0 Å². The highest BCUT2D eigenvalue weighted by Gasteiger charge is 2.22. The molecule has 6 aromatic rings. The number of hydrogen-bond donors (Lipinski definition) is 1. The molecule has 0 aromatic heterocycles. The Hall–Kier alpha value is -4.70. The first-order valence-electron chi connectivity index (χ1n) is 13.3. The lowest BCUT2D eigenvalue weighted by molar-refractivity contribution is -0.151. The summed E-state index contributed by atoms with van der Waals surface area (Å²) >= 11 is 0. The van der Waals surface area contributed by atoms with Gasteiger partial charge in [0.2, 0.25) is 0 Å². The summed E-state index contributed by atoms with van der Waals surface area (Å²) in [4.78, 5) is 24.1. The summed E-state index contributed by atoms with van der Waals surface area (Å²) in [5.41, 5.74) is 2.26. The number of fused-ring (bicyclic) bond motifs is 4. The summed E-state index contributed by atoms with van der Waals surface area (Å²) in [6.45, 7) is 0. The molecule has 6 rings (SSSR count). The first kappa shape index (κ1) is 24.6. The molecule has 0 saturated heterocycles. The predicted octanol–water partition coefficient (Wildman–Crippen LogP) is 7.86. The van der Waals surface area contributed by atoms with E-state index in [0.717, 1.165) is 54.2 Å². The van der Waals surface area contributed by atoms with E-state index < -0.39 is 18.0 Å². The fourth-order valence-corrected chi connectivity index (χ4v) is 5.72. The Morgan fingerprint density at radius 2 is 0.923 bits per heavy atom. The first-order valence-corrected chi connectivity index (χ1v) is 13.3. The second kappa shape index (κ2) is 10.6. The van der Waals surface area contributed by atoms with Gasteiger partial charge >= 0.3 is 11.9 Å². The van der Waals surface area contributed by atoms with E-state index in [1.807, 2.05) is 48.5 Å². The number of carbonyl (C=O) groups is 2. The first-order chi connectivity index (χ1) is 19.1. The molecule has 0 unspecified atom stereocenters. The number of benzene rings is 6. The van der Waals surface area contributed by atoms with Crippen molar-refractivity contribution in [1.82, 2.24) is 0 Å². The van der Waals surface area contributed by atoms with Crippen LogP contribution in [0.4, 0.5) is 0 Å². The van der Waals surface area contributed by atoms with Gasteiger partial charge in [0.05, 0.1) is 12.8 Å². The molecule has 0 saturated carbocycles. The van der Waals surface area contributed by atoms with Gasteiger partial charge in [-0.2, -0.15) is 0 Å². The van der Waals surface area contributed by atoms with Crippen molar-refractivity contribution in [3.63, 3.8) is 0 Å². The number of carboxylic acids is 1. The van der Waals surface area contributed by atoms with Crippen molar-refractivity contribution in [2.45, 2.75) is 31.8 Å². The number of hydrogen-bond acceptors (Lipinski definition) is 3. The van der Waals surface area contributed by atoms with Crippen molar-refractivity contribution in [1.29, 1.82) is 0 Å². The number of carboxylic acid groups (broad SMARTS) is 1. The third-order valence-electron chi connectivity index (χ3n) is 7.47. The number of esters is 1. The average molecular weight is 513 g/mol. The van der Waals surface area contributed by atoms with Crippen LogP contribution in [0.5, 0.6) is 0 Å². The lowest BCUT2D eigenvalue weighted by atomic mass is 9.89. The highest BCUT2D eigenvalue weighted by atomic mass is 16.5. The van der Waals surface area contributed by atoms with E-state index in [-0.39, 0.29) is 12.8 Å². The van der Waals surface area contributed by atoms with Gasteiger partial charge in [-0.15, -0.1) is 0 Å². The highest BCUT2D eigenvalue weighted by Crippen LogP contribution is 2.33. The molecule has 39 heavy (non-hydrogen) atoms. The molecule has 0 heterocycles. The van der Waals surface area contributed by atoms with Crippen molar-refractivity contribution in [3.05, 3.63) is 120 Å². The van der Waals surface area contributed by atoms with Gasteiger partial charge in [-0.25, -0.2) is 0 Å². The van der Waals surface area contributed by atoms with Crippen LogP contribution in [-0.4, -0.2) is 23.1 Å². The third-order valence-corrected chi connectivity index (χ3v) is 7.47. The normalized spacial score (nSPS) is 11.5. The van der Waals surface area contributed by atoms with Crippen LogP contribution >= 0.6 is 0 Å². The summed E-state index contributed by atoms with van der Waals surface area (Å²) in [5.74, 6) is -1.50. The molecule has 0 spiro atoms. The maximum atomic E-state index is 12.9. The van der Waals surface area contributed by atoms with Crippen LogP contribution < -0.4 is 0 Å². The highest BCUT2D eigenvalue weighted by molar-refractivity contribution is 6.03. The van der Waals surface area contributed by atoms with Gasteiger partial charge in [-0.1, -0.05) is 97.1 Å². The van der Waals surface area contributed by atoms with E-state index in [9.17, 15) is 9.59 Å². The van der Waals surface area contributed by atoms with Crippen LogP contribution in [0, 0.1) is 0 Å². The molecule has 0 bridgehead atoms. The van der Waals surface area contributed by atoms with Gasteiger partial charge in [-0.3, -0.25) is 9.59 Å². The lowest BCUT2D eigenvalue weighted by Crippen LogP contribution is -2.24. The fraction of sp³-hybridized carbons (Fsp3) is 0.143. The second-order valence-electron chi connectivity index (χ2n) is 10.0. The molecule has 4 heteroatoms. The minimum Gasteiger partial charge on any atom is -0.481 e. The standard InChI is InChI=1S/C35H28O4/c36-34(37)17-18-35(38)39-27(21-32-28-13-5-1-9-23(28)19-24-10-2-6-14-29(24)32)22-33-30-15-7-3-11-25(30)20-26-12-4-8-16-31(26)33/h1-16,19-20,27H,17-18,21-22H2,(H,36,37). The van der Waals surface area contributed by atoms with Crippen molar-refractivity contribution in [2.24, 2.45) is 0 Å². The Kier molecular flexibility index (Phi) is 6.68. The van der Waals surface area contributed by atoms with Gasteiger partial charge < -0.3 is 9.84 Å². The fourth-order valence-electron chi connectivity index (χ4n) is 5.72. The molecule has 0 radical (unpaired) electrons. The van der Waals surface area contributed by atoms with E-state index in [0.29, 0.717) is 12.8 Å². The maximum Gasteiger partial charge on any atom is 0.306 e. The number of rotatable bonds is 8. The Labute approximate surface area is 226 Å². The van der Waals surface area contributed by atoms with Gasteiger partial charge in [0.15, 0.2) is 0 Å². The summed E-state index contributed by atoms with van der Waals surface area (Å²) in [6, 6.07) is 37.6. The van der Waals surface area contributed by atoms with E-state index >= 15 is 0 Å². The number of carbonyl (C=O) groups excluding carboxylic acids is 1. The largest absolute Gasteiger partial charge is 0.481 e. The third kappa shape index (κ3) is 5.06. The molecule has 0 amide bonds. The lowest BCUT2D eigenvalue weighted by Gasteiger charge is -2.22. The monoisotopic (exact) mass is 512 g/mol. The Bertz CT molecular complexity index is 1620. The molecule has 0 aliphatic heterocycles.